The van der Waals surface area contributed by atoms with E-state index < -0.39 is 34.1 Å². The van der Waals surface area contributed by atoms with Crippen molar-refractivity contribution in [2.45, 2.75) is 65.6 Å². The van der Waals surface area contributed by atoms with Crippen molar-refractivity contribution < 1.29 is 18.0 Å². The van der Waals surface area contributed by atoms with Gasteiger partial charge in [-0.2, -0.15) is 0 Å². The molecule has 0 heterocycles. The predicted octanol–water partition coefficient (Wildman–Crippen LogP) is 4.67. The maximum Gasteiger partial charge on any atom is 0.244 e. The molecule has 2 rings (SSSR count). The molecule has 0 radical (unpaired) electrons. The summed E-state index contributed by atoms with van der Waals surface area (Å²) in [6.45, 7) is 11.1. The van der Waals surface area contributed by atoms with E-state index in [0.29, 0.717) is 11.6 Å². The van der Waals surface area contributed by atoms with Crippen LogP contribution in [-0.2, 0) is 26.2 Å². The van der Waals surface area contributed by atoms with Gasteiger partial charge in [0, 0.05) is 16.6 Å². The van der Waals surface area contributed by atoms with Gasteiger partial charge in [0.15, 0.2) is 0 Å². The smallest absolute Gasteiger partial charge is 0.244 e. The summed E-state index contributed by atoms with van der Waals surface area (Å²) in [5.74, 6) is -0.487. The number of hydrogen-bond donors (Lipinski definition) is 1. The van der Waals surface area contributed by atoms with Gasteiger partial charge >= 0.3 is 0 Å². The van der Waals surface area contributed by atoms with Crippen molar-refractivity contribution in [3.8, 4) is 0 Å². The minimum atomic E-state index is -3.75. The van der Waals surface area contributed by atoms with Gasteiger partial charge in [0.25, 0.3) is 0 Å². The summed E-state index contributed by atoms with van der Waals surface area (Å²) in [7, 11) is -3.75. The van der Waals surface area contributed by atoms with Gasteiger partial charge in [0.2, 0.25) is 21.8 Å². The van der Waals surface area contributed by atoms with E-state index in [2.05, 4.69) is 35.1 Å². The Morgan fingerprint density at radius 3 is 1.97 bits per heavy atom. The van der Waals surface area contributed by atoms with Crippen molar-refractivity contribution in [1.29, 1.82) is 0 Å². The molecule has 0 spiro atoms. The lowest BCUT2D eigenvalue weighted by molar-refractivity contribution is -0.140. The van der Waals surface area contributed by atoms with E-state index in [4.69, 9.17) is 0 Å². The Kier molecular flexibility index (Phi) is 9.53. The van der Waals surface area contributed by atoms with Crippen molar-refractivity contribution in [1.82, 2.24) is 10.2 Å². The molecule has 2 aromatic rings. The van der Waals surface area contributed by atoms with Crippen LogP contribution in [0.25, 0.3) is 0 Å². The van der Waals surface area contributed by atoms with Gasteiger partial charge in [-0.1, -0.05) is 54.0 Å². The molecule has 2 aromatic carbocycles. The topological polar surface area (TPSA) is 86.8 Å². The van der Waals surface area contributed by atoms with E-state index in [1.807, 2.05) is 57.2 Å². The van der Waals surface area contributed by atoms with Gasteiger partial charge in [-0.15, -0.1) is 0 Å². The highest BCUT2D eigenvalue weighted by Gasteiger charge is 2.31. The van der Waals surface area contributed by atoms with Crippen LogP contribution in [0.5, 0.6) is 0 Å². The highest BCUT2D eigenvalue weighted by Crippen LogP contribution is 2.23. The molecular weight excluding hydrogens is 530 g/mol. The van der Waals surface area contributed by atoms with Crippen LogP contribution >= 0.6 is 15.9 Å². The summed E-state index contributed by atoms with van der Waals surface area (Å²) in [5.41, 5.74) is 1.82. The number of benzene rings is 2. The average Bonchev–Trinajstić information content (AvgIpc) is 2.74. The predicted molar refractivity (Wildman–Crippen MR) is 145 cm³/mol. The van der Waals surface area contributed by atoms with Gasteiger partial charge in [0.1, 0.15) is 12.6 Å². The van der Waals surface area contributed by atoms with E-state index in [9.17, 15) is 18.0 Å². The van der Waals surface area contributed by atoms with Crippen LogP contribution in [0.1, 0.15) is 58.6 Å². The van der Waals surface area contributed by atoms with Crippen LogP contribution in [0.4, 0.5) is 5.69 Å². The van der Waals surface area contributed by atoms with Gasteiger partial charge < -0.3 is 10.2 Å². The summed E-state index contributed by atoms with van der Waals surface area (Å²) in [5, 5.41) is 2.91. The second-order valence-electron chi connectivity index (χ2n) is 10.1. The van der Waals surface area contributed by atoms with E-state index in [0.717, 1.165) is 26.2 Å². The lowest BCUT2D eigenvalue weighted by Crippen LogP contribution is -2.54. The number of nitrogens with one attached hydrogen (secondary N) is 1. The minimum Gasteiger partial charge on any atom is -0.350 e. The van der Waals surface area contributed by atoms with Gasteiger partial charge in [-0.3, -0.25) is 13.9 Å². The second kappa shape index (κ2) is 11.6. The van der Waals surface area contributed by atoms with Gasteiger partial charge in [-0.25, -0.2) is 8.42 Å². The Labute approximate surface area is 218 Å². The van der Waals surface area contributed by atoms with Crippen LogP contribution < -0.4 is 9.62 Å². The van der Waals surface area contributed by atoms with Crippen LogP contribution in [0.15, 0.2) is 53.0 Å². The molecule has 0 bridgehead atoms. The molecule has 9 heteroatoms. The third-order valence-electron chi connectivity index (χ3n) is 5.46. The molecule has 1 atom stereocenters. The van der Waals surface area contributed by atoms with Crippen LogP contribution in [0, 0.1) is 0 Å². The quantitative estimate of drug-likeness (QED) is 0.478. The molecule has 0 saturated carbocycles. The van der Waals surface area contributed by atoms with Crippen molar-refractivity contribution in [2.75, 3.05) is 17.1 Å². The number of anilines is 1. The maximum atomic E-state index is 13.6. The van der Waals surface area contributed by atoms with Crippen LogP contribution in [-0.4, -0.2) is 49.5 Å². The number of halogens is 1. The summed E-state index contributed by atoms with van der Waals surface area (Å²) in [6.07, 6.45) is 1.07. The Morgan fingerprint density at radius 2 is 1.51 bits per heavy atom. The molecule has 0 fully saturated rings. The van der Waals surface area contributed by atoms with Crippen molar-refractivity contribution in [3.63, 3.8) is 0 Å². The fourth-order valence-electron chi connectivity index (χ4n) is 3.48. The monoisotopic (exact) mass is 565 g/mol. The maximum absolute atomic E-state index is 13.6. The summed E-state index contributed by atoms with van der Waals surface area (Å²) < 4.78 is 27.3. The van der Waals surface area contributed by atoms with Gasteiger partial charge in [0.05, 0.1) is 11.9 Å². The molecule has 2 amide bonds. The van der Waals surface area contributed by atoms with E-state index >= 15 is 0 Å². The number of rotatable bonds is 9. The molecule has 0 saturated heterocycles. The summed E-state index contributed by atoms with van der Waals surface area (Å²) in [4.78, 5) is 27.9. The van der Waals surface area contributed by atoms with Crippen molar-refractivity contribution in [3.05, 3.63) is 64.1 Å². The van der Waals surface area contributed by atoms with Crippen LogP contribution in [0.3, 0.4) is 0 Å². The highest BCUT2D eigenvalue weighted by atomic mass is 79.9. The van der Waals surface area contributed by atoms with Crippen molar-refractivity contribution >= 4 is 43.5 Å². The number of hydrogen-bond acceptors (Lipinski definition) is 4. The van der Waals surface area contributed by atoms with E-state index in [-0.39, 0.29) is 12.5 Å². The third kappa shape index (κ3) is 8.65. The first-order valence-corrected chi connectivity index (χ1v) is 14.2. The first kappa shape index (κ1) is 28.8. The lowest BCUT2D eigenvalue weighted by atomic mass is 10.0. The van der Waals surface area contributed by atoms with Crippen LogP contribution in [0.2, 0.25) is 0 Å². The average molecular weight is 567 g/mol. The molecule has 0 aliphatic heterocycles. The third-order valence-corrected chi connectivity index (χ3v) is 7.13. The Balaban J connectivity index is 2.39. The number of nitrogens with zero attached hydrogens (tertiary/aromatic N) is 2. The number of carbonyl (C=O) groups excluding carboxylic acids is 2. The van der Waals surface area contributed by atoms with E-state index in [1.54, 1.807) is 19.1 Å². The summed E-state index contributed by atoms with van der Waals surface area (Å²) >= 11 is 3.40. The standard InChI is InChI=1S/C26H36BrN3O4S/c1-18(2)21-10-14-23(15-11-21)30(35(7,33)34)17-24(31)29(16-20-8-12-22(27)13-9-20)19(3)25(32)28-26(4,5)6/h8-15,18-19H,16-17H2,1-7H3,(H,28,32)/t19-/m0/s1. The summed E-state index contributed by atoms with van der Waals surface area (Å²) in [6, 6.07) is 13.8. The fraction of sp³-hybridized carbons (Fsp3) is 0.462. The first-order valence-electron chi connectivity index (χ1n) is 11.5. The molecular formula is C26H36BrN3O4S. The zero-order valence-electron chi connectivity index (χ0n) is 21.5. The van der Waals surface area contributed by atoms with Gasteiger partial charge in [-0.05, 0) is 69.0 Å². The SMILES string of the molecule is CC(C)c1ccc(N(CC(=O)N(Cc2ccc(Br)cc2)[C@@H](C)C(=O)NC(C)(C)C)S(C)(=O)=O)cc1. The molecule has 7 nitrogen and oxygen atoms in total. The molecule has 0 aliphatic carbocycles. The lowest BCUT2D eigenvalue weighted by Gasteiger charge is -2.33. The van der Waals surface area contributed by atoms with Crippen molar-refractivity contribution in [2.24, 2.45) is 0 Å². The highest BCUT2D eigenvalue weighted by molar-refractivity contribution is 9.10. The number of amides is 2. The Morgan fingerprint density at radius 1 is 0.971 bits per heavy atom. The number of sulfonamides is 1. The zero-order chi connectivity index (χ0) is 26.6. The zero-order valence-corrected chi connectivity index (χ0v) is 23.9. The molecule has 0 aliphatic rings. The fourth-order valence-corrected chi connectivity index (χ4v) is 4.60. The van der Waals surface area contributed by atoms with E-state index in [1.165, 1.54) is 4.90 Å². The largest absolute Gasteiger partial charge is 0.350 e. The molecule has 192 valence electrons. The number of carbonyl (C=O) groups is 2. The first-order chi connectivity index (χ1) is 16.1. The molecule has 0 unspecified atom stereocenters. The molecule has 1 N–H and O–H groups in total. The minimum absolute atomic E-state index is 0.161. The molecule has 35 heavy (non-hydrogen) atoms. The second-order valence-corrected chi connectivity index (χ2v) is 12.9. The Bertz CT molecular complexity index is 1120. The Hall–Kier alpha value is -2.39. The molecule has 0 aromatic heterocycles. The normalized spacial score (nSPS) is 12.8.